The Morgan fingerprint density at radius 2 is 2.24 bits per heavy atom. The fourth-order valence-electron chi connectivity index (χ4n) is 1.45. The van der Waals surface area contributed by atoms with Crippen LogP contribution < -0.4 is 10.2 Å². The summed E-state index contributed by atoms with van der Waals surface area (Å²) < 4.78 is 12.4. The molecule has 7 heteroatoms. The van der Waals surface area contributed by atoms with Crippen LogP contribution in [-0.2, 0) is 4.79 Å². The number of benzene rings is 1. The van der Waals surface area contributed by atoms with Crippen LogP contribution in [-0.4, -0.2) is 18.7 Å². The zero-order valence-corrected chi connectivity index (χ0v) is 14.3. The van der Waals surface area contributed by atoms with Crippen LogP contribution in [0, 0.1) is 6.92 Å². The van der Waals surface area contributed by atoms with Crippen LogP contribution in [0.2, 0.25) is 0 Å². The van der Waals surface area contributed by atoms with Gasteiger partial charge in [-0.25, -0.2) is 5.43 Å². The molecule has 5 nitrogen and oxygen atoms in total. The topological polar surface area (TPSA) is 63.8 Å². The van der Waals surface area contributed by atoms with Gasteiger partial charge in [0.1, 0.15) is 17.3 Å². The van der Waals surface area contributed by atoms with Crippen LogP contribution in [0.4, 0.5) is 0 Å². The Morgan fingerprint density at radius 3 is 2.90 bits per heavy atom. The van der Waals surface area contributed by atoms with Crippen molar-refractivity contribution < 1.29 is 13.9 Å². The summed E-state index contributed by atoms with van der Waals surface area (Å²) in [5.74, 6) is 1.55. The largest absolute Gasteiger partial charge is 0.484 e. The third-order valence-electron chi connectivity index (χ3n) is 2.42. The molecule has 2 aromatic rings. The lowest BCUT2D eigenvalue weighted by molar-refractivity contribution is -0.123. The zero-order valence-electron chi connectivity index (χ0n) is 11.1. The van der Waals surface area contributed by atoms with E-state index in [-0.39, 0.29) is 12.5 Å². The number of carbonyl (C=O) groups is 1. The Kier molecular flexibility index (Phi) is 5.58. The maximum atomic E-state index is 11.6. The van der Waals surface area contributed by atoms with Gasteiger partial charge < -0.3 is 9.15 Å². The van der Waals surface area contributed by atoms with Crippen LogP contribution in [0.25, 0.3) is 0 Å². The highest BCUT2D eigenvalue weighted by Gasteiger charge is 2.03. The second-order valence-corrected chi connectivity index (χ2v) is 5.86. The standard InChI is InChI=1S/C14H12Br2N2O3/c1-9-13(16)6-12(21-9)7-17-18-14(19)8-20-11-4-2-3-10(15)5-11/h2-7H,8H2,1H3,(H,18,19)/b17-7-. The fourth-order valence-corrected chi connectivity index (χ4v) is 2.14. The van der Waals surface area contributed by atoms with E-state index in [1.54, 1.807) is 18.2 Å². The van der Waals surface area contributed by atoms with Gasteiger partial charge in [-0.05, 0) is 41.1 Å². The molecular formula is C14H12Br2N2O3. The minimum Gasteiger partial charge on any atom is -0.484 e. The molecule has 2 rings (SSSR count). The van der Waals surface area contributed by atoms with E-state index in [2.05, 4.69) is 42.4 Å². The van der Waals surface area contributed by atoms with Gasteiger partial charge in [-0.2, -0.15) is 5.10 Å². The third kappa shape index (κ3) is 5.02. The van der Waals surface area contributed by atoms with Crippen LogP contribution in [0.5, 0.6) is 5.75 Å². The minimum atomic E-state index is -0.353. The molecule has 1 N–H and O–H groups in total. The lowest BCUT2D eigenvalue weighted by atomic mass is 10.3. The van der Waals surface area contributed by atoms with Crippen molar-refractivity contribution >= 4 is 44.0 Å². The molecule has 1 amide bonds. The molecule has 0 saturated carbocycles. The fraction of sp³-hybridized carbons (Fsp3) is 0.143. The van der Waals surface area contributed by atoms with Gasteiger partial charge in [0, 0.05) is 10.5 Å². The summed E-state index contributed by atoms with van der Waals surface area (Å²) in [4.78, 5) is 11.6. The van der Waals surface area contributed by atoms with E-state index in [9.17, 15) is 4.79 Å². The Morgan fingerprint density at radius 1 is 1.43 bits per heavy atom. The number of halogens is 2. The van der Waals surface area contributed by atoms with Gasteiger partial charge in [0.15, 0.2) is 6.61 Å². The average Bonchev–Trinajstić information content (AvgIpc) is 2.75. The first-order valence-electron chi connectivity index (χ1n) is 6.01. The first-order valence-corrected chi connectivity index (χ1v) is 7.59. The van der Waals surface area contributed by atoms with Gasteiger partial charge in [-0.1, -0.05) is 22.0 Å². The molecule has 0 saturated heterocycles. The second-order valence-electron chi connectivity index (χ2n) is 4.09. The lowest BCUT2D eigenvalue weighted by Crippen LogP contribution is -2.24. The molecule has 1 aromatic carbocycles. The van der Waals surface area contributed by atoms with Crippen molar-refractivity contribution in [2.75, 3.05) is 6.61 Å². The number of nitrogens with one attached hydrogen (secondary N) is 1. The predicted molar refractivity (Wildman–Crippen MR) is 86.5 cm³/mol. The molecule has 0 aliphatic carbocycles. The molecule has 21 heavy (non-hydrogen) atoms. The molecule has 0 unspecified atom stereocenters. The van der Waals surface area contributed by atoms with Crippen LogP contribution in [0.1, 0.15) is 11.5 Å². The number of furan rings is 1. The van der Waals surface area contributed by atoms with Crippen molar-refractivity contribution in [3.05, 3.63) is 50.8 Å². The summed E-state index contributed by atoms with van der Waals surface area (Å²) in [6.45, 7) is 1.71. The number of hydrazone groups is 1. The summed E-state index contributed by atoms with van der Waals surface area (Å²) in [5, 5.41) is 3.80. The molecule has 1 heterocycles. The van der Waals surface area contributed by atoms with E-state index in [1.165, 1.54) is 6.21 Å². The Labute approximate surface area is 138 Å². The van der Waals surface area contributed by atoms with Crippen molar-refractivity contribution in [3.63, 3.8) is 0 Å². The summed E-state index contributed by atoms with van der Waals surface area (Å²) in [6, 6.07) is 9.01. The molecular weight excluding hydrogens is 404 g/mol. The predicted octanol–water partition coefficient (Wildman–Crippen LogP) is 3.64. The average molecular weight is 416 g/mol. The normalized spacial score (nSPS) is 10.8. The molecule has 110 valence electrons. The van der Waals surface area contributed by atoms with Crippen molar-refractivity contribution in [1.82, 2.24) is 5.43 Å². The van der Waals surface area contributed by atoms with E-state index in [1.807, 2.05) is 19.1 Å². The summed E-state index contributed by atoms with van der Waals surface area (Å²) >= 11 is 6.65. The third-order valence-corrected chi connectivity index (χ3v) is 3.70. The number of hydrogen-bond acceptors (Lipinski definition) is 4. The monoisotopic (exact) mass is 414 g/mol. The van der Waals surface area contributed by atoms with Gasteiger partial charge in [0.05, 0.1) is 10.7 Å². The van der Waals surface area contributed by atoms with Crippen molar-refractivity contribution in [3.8, 4) is 5.75 Å². The second kappa shape index (κ2) is 7.42. The van der Waals surface area contributed by atoms with Gasteiger partial charge >= 0.3 is 0 Å². The quantitative estimate of drug-likeness (QED) is 0.598. The Hall–Kier alpha value is -1.60. The maximum absolute atomic E-state index is 11.6. The maximum Gasteiger partial charge on any atom is 0.277 e. The number of nitrogens with zero attached hydrogens (tertiary/aromatic N) is 1. The minimum absolute atomic E-state index is 0.116. The van der Waals surface area contributed by atoms with Crippen LogP contribution in [0.3, 0.4) is 0 Å². The zero-order chi connectivity index (χ0) is 15.2. The first kappa shape index (κ1) is 15.8. The van der Waals surface area contributed by atoms with Crippen molar-refractivity contribution in [2.45, 2.75) is 6.92 Å². The van der Waals surface area contributed by atoms with E-state index in [0.717, 1.165) is 14.7 Å². The number of carbonyl (C=O) groups excluding carboxylic acids is 1. The van der Waals surface area contributed by atoms with E-state index < -0.39 is 0 Å². The highest BCUT2D eigenvalue weighted by molar-refractivity contribution is 9.10. The SMILES string of the molecule is Cc1oc(/C=N\NC(=O)COc2cccc(Br)c2)cc1Br. The van der Waals surface area contributed by atoms with E-state index in [0.29, 0.717) is 11.5 Å². The number of aryl methyl sites for hydroxylation is 1. The highest BCUT2D eigenvalue weighted by atomic mass is 79.9. The molecule has 0 radical (unpaired) electrons. The lowest BCUT2D eigenvalue weighted by Gasteiger charge is -2.04. The smallest absolute Gasteiger partial charge is 0.277 e. The summed E-state index contributed by atoms with van der Waals surface area (Å²) in [7, 11) is 0. The molecule has 0 aliphatic heterocycles. The van der Waals surface area contributed by atoms with Gasteiger partial charge in [0.25, 0.3) is 5.91 Å². The summed E-state index contributed by atoms with van der Waals surface area (Å²) in [5.41, 5.74) is 2.36. The first-order chi connectivity index (χ1) is 10.0. The summed E-state index contributed by atoms with van der Waals surface area (Å²) in [6.07, 6.45) is 1.43. The Balaban J connectivity index is 1.79. The van der Waals surface area contributed by atoms with E-state index in [4.69, 9.17) is 9.15 Å². The molecule has 0 aliphatic rings. The number of hydrogen-bond donors (Lipinski definition) is 1. The molecule has 0 bridgehead atoms. The molecule has 0 atom stereocenters. The van der Waals surface area contributed by atoms with Crippen molar-refractivity contribution in [1.29, 1.82) is 0 Å². The number of ether oxygens (including phenoxy) is 1. The Bertz CT molecular complexity index is 648. The van der Waals surface area contributed by atoms with Crippen LogP contribution in [0.15, 0.2) is 48.8 Å². The molecule has 0 fully saturated rings. The number of rotatable bonds is 5. The van der Waals surface area contributed by atoms with Gasteiger partial charge in [-0.15, -0.1) is 0 Å². The van der Waals surface area contributed by atoms with Crippen molar-refractivity contribution in [2.24, 2.45) is 5.10 Å². The molecule has 0 spiro atoms. The van der Waals surface area contributed by atoms with E-state index >= 15 is 0 Å². The molecule has 1 aromatic heterocycles. The van der Waals surface area contributed by atoms with Gasteiger partial charge in [0.2, 0.25) is 0 Å². The highest BCUT2D eigenvalue weighted by Crippen LogP contribution is 2.19. The number of amides is 1. The van der Waals surface area contributed by atoms with Crippen LogP contribution >= 0.6 is 31.9 Å². The van der Waals surface area contributed by atoms with Gasteiger partial charge in [-0.3, -0.25) is 4.79 Å².